The molecule has 1 heterocycles. The molecule has 4 rings (SSSR count). The number of hydrogen-bond donors (Lipinski definition) is 0. The van der Waals surface area contributed by atoms with Gasteiger partial charge in [-0.25, -0.2) is 0 Å². The van der Waals surface area contributed by atoms with Gasteiger partial charge in [-0.15, -0.1) is 9.19 Å². The van der Waals surface area contributed by atoms with Crippen LogP contribution in [0.1, 0.15) is 5.56 Å². The highest BCUT2D eigenvalue weighted by molar-refractivity contribution is 7.90. The third kappa shape index (κ3) is 4.64. The molecule has 0 unspecified atom stereocenters. The second-order valence-electron chi connectivity index (χ2n) is 7.30. The molecular formula is C23H21N3O7S. The topological polar surface area (TPSA) is 123 Å². The third-order valence-corrected chi connectivity index (χ3v) is 6.61. The first-order chi connectivity index (χ1) is 16.3. The van der Waals surface area contributed by atoms with Crippen molar-refractivity contribution < 1.29 is 27.6 Å². The van der Waals surface area contributed by atoms with Crippen molar-refractivity contribution in [3.63, 3.8) is 0 Å². The number of non-ortho nitro benzene ring substituents is 1. The second-order valence-corrected chi connectivity index (χ2v) is 9.06. The smallest absolute Gasteiger partial charge is 0.283 e. The van der Waals surface area contributed by atoms with E-state index in [-0.39, 0.29) is 29.7 Å². The van der Waals surface area contributed by atoms with Gasteiger partial charge in [-0.1, -0.05) is 17.7 Å². The molecule has 1 aromatic heterocycles. The van der Waals surface area contributed by atoms with Crippen LogP contribution < -0.4 is 14.2 Å². The van der Waals surface area contributed by atoms with E-state index < -0.39 is 14.9 Å². The van der Waals surface area contributed by atoms with Gasteiger partial charge < -0.3 is 14.2 Å². The number of nitro benzene ring substituents is 1. The zero-order valence-electron chi connectivity index (χ0n) is 18.4. The Morgan fingerprint density at radius 2 is 1.59 bits per heavy atom. The van der Waals surface area contributed by atoms with Crippen molar-refractivity contribution in [2.45, 2.75) is 11.8 Å². The highest BCUT2D eigenvalue weighted by Crippen LogP contribution is 2.31. The van der Waals surface area contributed by atoms with Crippen molar-refractivity contribution in [2.75, 3.05) is 20.3 Å². The number of fused-ring (bicyclic) bond motifs is 1. The number of methoxy groups -OCH3 is 1. The van der Waals surface area contributed by atoms with E-state index in [1.807, 2.05) is 6.92 Å². The molecule has 0 bridgehead atoms. The van der Waals surface area contributed by atoms with Crippen LogP contribution in [0.15, 0.2) is 71.6 Å². The van der Waals surface area contributed by atoms with Gasteiger partial charge in [0, 0.05) is 12.1 Å². The van der Waals surface area contributed by atoms with Crippen molar-refractivity contribution >= 4 is 26.6 Å². The molecule has 10 nitrogen and oxygen atoms in total. The van der Waals surface area contributed by atoms with Crippen LogP contribution in [-0.4, -0.2) is 42.9 Å². The van der Waals surface area contributed by atoms with Crippen LogP contribution in [0.4, 0.5) is 5.69 Å². The van der Waals surface area contributed by atoms with Crippen LogP contribution in [0.25, 0.3) is 10.9 Å². The maximum absolute atomic E-state index is 13.3. The Morgan fingerprint density at radius 3 is 2.24 bits per heavy atom. The summed E-state index contributed by atoms with van der Waals surface area (Å²) in [5.41, 5.74) is 1.24. The lowest BCUT2D eigenvalue weighted by molar-refractivity contribution is -0.384. The molecule has 3 aromatic carbocycles. The van der Waals surface area contributed by atoms with Crippen molar-refractivity contribution in [3.05, 3.63) is 82.4 Å². The van der Waals surface area contributed by atoms with E-state index in [4.69, 9.17) is 14.2 Å². The fourth-order valence-electron chi connectivity index (χ4n) is 3.23. The Kier molecular flexibility index (Phi) is 6.37. The zero-order chi connectivity index (χ0) is 24.3. The first kappa shape index (κ1) is 23.1. The van der Waals surface area contributed by atoms with Gasteiger partial charge in [-0.3, -0.25) is 10.1 Å². The molecule has 0 fully saturated rings. The van der Waals surface area contributed by atoms with Gasteiger partial charge in [-0.2, -0.15) is 8.42 Å². The summed E-state index contributed by atoms with van der Waals surface area (Å²) in [4.78, 5) is 10.4. The van der Waals surface area contributed by atoms with Gasteiger partial charge in [-0.05, 0) is 49.4 Å². The molecule has 0 aliphatic carbocycles. The minimum Gasteiger partial charge on any atom is -0.497 e. The van der Waals surface area contributed by atoms with Crippen molar-refractivity contribution in [3.8, 4) is 17.4 Å². The first-order valence-electron chi connectivity index (χ1n) is 10.2. The lowest BCUT2D eigenvalue weighted by atomic mass is 10.2. The van der Waals surface area contributed by atoms with Gasteiger partial charge >= 0.3 is 0 Å². The molecule has 176 valence electrons. The van der Waals surface area contributed by atoms with Gasteiger partial charge in [0.25, 0.3) is 15.7 Å². The highest BCUT2D eigenvalue weighted by atomic mass is 32.2. The summed E-state index contributed by atoms with van der Waals surface area (Å²) in [5, 5.41) is 15.4. The van der Waals surface area contributed by atoms with Crippen molar-refractivity contribution in [1.29, 1.82) is 0 Å². The van der Waals surface area contributed by atoms with Gasteiger partial charge in [0.2, 0.25) is 5.88 Å². The van der Waals surface area contributed by atoms with E-state index >= 15 is 0 Å². The summed E-state index contributed by atoms with van der Waals surface area (Å²) < 4.78 is 44.0. The average Bonchev–Trinajstić information content (AvgIpc) is 3.21. The Hall–Kier alpha value is -4.12. The molecule has 0 radical (unpaired) electrons. The van der Waals surface area contributed by atoms with Crippen LogP contribution in [0.5, 0.6) is 17.4 Å². The monoisotopic (exact) mass is 483 g/mol. The van der Waals surface area contributed by atoms with Gasteiger partial charge in [0.1, 0.15) is 24.7 Å². The Bertz CT molecular complexity index is 1430. The maximum atomic E-state index is 13.3. The second kappa shape index (κ2) is 9.40. The van der Waals surface area contributed by atoms with Gasteiger partial charge in [0.05, 0.1) is 27.8 Å². The fraction of sp³-hybridized carbons (Fsp3) is 0.174. The molecule has 0 atom stereocenters. The van der Waals surface area contributed by atoms with Gasteiger partial charge in [0.15, 0.2) is 0 Å². The number of hydrogen-bond acceptors (Lipinski definition) is 8. The number of rotatable bonds is 9. The standard InChI is InChI=1S/C23H21N3O7S/c1-16-3-10-20(11-4-16)34(29,30)25-22-12-9-19(31-2)15-21(22)23(24-25)33-14-13-32-18-7-5-17(6-8-18)26(27)28/h3-12,15H,13-14H2,1-2H3. The summed E-state index contributed by atoms with van der Waals surface area (Å²) in [7, 11) is -2.46. The minimum absolute atomic E-state index is 0.0376. The van der Waals surface area contributed by atoms with Crippen LogP contribution in [0.3, 0.4) is 0 Å². The molecule has 34 heavy (non-hydrogen) atoms. The van der Waals surface area contributed by atoms with E-state index in [2.05, 4.69) is 5.10 Å². The summed E-state index contributed by atoms with van der Waals surface area (Å²) in [5.74, 6) is 1.07. The SMILES string of the molecule is COc1ccc2c(c1)c(OCCOc1ccc([N+](=O)[O-])cc1)nn2S(=O)(=O)c1ccc(C)cc1. The summed E-state index contributed by atoms with van der Waals surface area (Å²) in [6.07, 6.45) is 0. The fourth-order valence-corrected chi connectivity index (χ4v) is 4.51. The highest BCUT2D eigenvalue weighted by Gasteiger charge is 2.24. The molecule has 0 spiro atoms. The van der Waals surface area contributed by atoms with E-state index in [0.717, 1.165) is 9.65 Å². The lowest BCUT2D eigenvalue weighted by Gasteiger charge is -2.07. The summed E-state index contributed by atoms with van der Waals surface area (Å²) in [6.45, 7) is 2.04. The van der Waals surface area contributed by atoms with Crippen LogP contribution in [0, 0.1) is 17.0 Å². The number of nitrogens with zero attached hydrogens (tertiary/aromatic N) is 3. The molecule has 0 N–H and O–H groups in total. The minimum atomic E-state index is -3.97. The van der Waals surface area contributed by atoms with Crippen LogP contribution in [0.2, 0.25) is 0 Å². The van der Waals surface area contributed by atoms with E-state index in [0.29, 0.717) is 22.4 Å². The quantitative estimate of drug-likeness (QED) is 0.199. The molecule has 0 aliphatic rings. The number of benzene rings is 3. The Balaban J connectivity index is 1.57. The maximum Gasteiger partial charge on any atom is 0.283 e. The van der Waals surface area contributed by atoms with E-state index in [1.165, 1.54) is 43.5 Å². The summed E-state index contributed by atoms with van der Waals surface area (Å²) >= 11 is 0. The number of aromatic nitrogens is 2. The Labute approximate surface area is 195 Å². The molecule has 0 saturated carbocycles. The normalized spacial score (nSPS) is 11.4. The molecule has 0 amide bonds. The van der Waals surface area contributed by atoms with Crippen molar-refractivity contribution in [1.82, 2.24) is 9.19 Å². The predicted molar refractivity (Wildman–Crippen MR) is 124 cm³/mol. The molecule has 0 aliphatic heterocycles. The molecule has 4 aromatic rings. The molecule has 11 heteroatoms. The van der Waals surface area contributed by atoms with Crippen LogP contribution in [-0.2, 0) is 10.0 Å². The van der Waals surface area contributed by atoms with Crippen LogP contribution >= 0.6 is 0 Å². The number of aryl methyl sites for hydroxylation is 1. The van der Waals surface area contributed by atoms with Crippen molar-refractivity contribution in [2.24, 2.45) is 0 Å². The van der Waals surface area contributed by atoms with E-state index in [1.54, 1.807) is 30.3 Å². The predicted octanol–water partition coefficient (Wildman–Crippen LogP) is 3.96. The van der Waals surface area contributed by atoms with E-state index in [9.17, 15) is 18.5 Å². The first-order valence-corrected chi connectivity index (χ1v) is 11.6. The largest absolute Gasteiger partial charge is 0.497 e. The molecular weight excluding hydrogens is 462 g/mol. The average molecular weight is 484 g/mol. The number of ether oxygens (including phenoxy) is 3. The Morgan fingerprint density at radius 1 is 0.941 bits per heavy atom. The number of nitro groups is 1. The lowest BCUT2D eigenvalue weighted by Crippen LogP contribution is -2.15. The molecule has 0 saturated heterocycles. The summed E-state index contributed by atoms with van der Waals surface area (Å²) in [6, 6.07) is 17.0. The zero-order valence-corrected chi connectivity index (χ0v) is 19.2. The third-order valence-electron chi connectivity index (χ3n) is 5.01.